The SMILES string of the molecule is OCC1CCCN(O)C1. The molecule has 0 aliphatic carbocycles. The Kier molecular flexibility index (Phi) is 2.45. The summed E-state index contributed by atoms with van der Waals surface area (Å²) in [5.74, 6) is 0.295. The first-order valence-corrected chi connectivity index (χ1v) is 3.37. The van der Waals surface area contributed by atoms with Gasteiger partial charge < -0.3 is 10.3 Å². The number of hydrogen-bond donors (Lipinski definition) is 2. The largest absolute Gasteiger partial charge is 0.396 e. The highest BCUT2D eigenvalue weighted by Crippen LogP contribution is 2.13. The van der Waals surface area contributed by atoms with Crippen LogP contribution in [-0.4, -0.2) is 35.1 Å². The Morgan fingerprint density at radius 3 is 2.78 bits per heavy atom. The summed E-state index contributed by atoms with van der Waals surface area (Å²) in [5, 5.41) is 18.9. The van der Waals surface area contributed by atoms with E-state index in [1.807, 2.05) is 0 Å². The van der Waals surface area contributed by atoms with E-state index in [1.54, 1.807) is 0 Å². The zero-order valence-electron chi connectivity index (χ0n) is 5.45. The molecule has 0 aromatic heterocycles. The van der Waals surface area contributed by atoms with Gasteiger partial charge in [0.05, 0.1) is 0 Å². The number of aliphatic hydroxyl groups excluding tert-OH is 1. The van der Waals surface area contributed by atoms with Crippen LogP contribution in [-0.2, 0) is 0 Å². The average molecular weight is 131 g/mol. The van der Waals surface area contributed by atoms with Crippen LogP contribution >= 0.6 is 0 Å². The van der Waals surface area contributed by atoms with E-state index in [0.29, 0.717) is 12.5 Å². The van der Waals surface area contributed by atoms with Crippen LogP contribution in [0.5, 0.6) is 0 Å². The third kappa shape index (κ3) is 1.93. The van der Waals surface area contributed by atoms with Crippen molar-refractivity contribution in [1.29, 1.82) is 0 Å². The van der Waals surface area contributed by atoms with E-state index in [9.17, 15) is 0 Å². The minimum Gasteiger partial charge on any atom is -0.396 e. The Bertz CT molecular complexity index is 87.1. The van der Waals surface area contributed by atoms with Gasteiger partial charge in [0, 0.05) is 19.7 Å². The molecule has 1 heterocycles. The molecule has 0 aromatic rings. The fraction of sp³-hybridized carbons (Fsp3) is 1.00. The topological polar surface area (TPSA) is 43.7 Å². The van der Waals surface area contributed by atoms with E-state index < -0.39 is 0 Å². The Balaban J connectivity index is 2.23. The van der Waals surface area contributed by atoms with Crippen LogP contribution in [0.15, 0.2) is 0 Å². The van der Waals surface area contributed by atoms with E-state index in [0.717, 1.165) is 19.4 Å². The first kappa shape index (κ1) is 6.99. The Hall–Kier alpha value is -0.120. The molecule has 1 saturated heterocycles. The van der Waals surface area contributed by atoms with Crippen LogP contribution in [0.2, 0.25) is 0 Å². The van der Waals surface area contributed by atoms with Crippen LogP contribution < -0.4 is 0 Å². The lowest BCUT2D eigenvalue weighted by Gasteiger charge is -2.26. The fourth-order valence-electron chi connectivity index (χ4n) is 1.19. The zero-order valence-corrected chi connectivity index (χ0v) is 5.45. The molecule has 1 fully saturated rings. The molecule has 0 saturated carbocycles. The van der Waals surface area contributed by atoms with Crippen molar-refractivity contribution in [2.24, 2.45) is 5.92 Å². The van der Waals surface area contributed by atoms with Crippen LogP contribution in [0.4, 0.5) is 0 Å². The van der Waals surface area contributed by atoms with Crippen molar-refractivity contribution >= 4 is 0 Å². The van der Waals surface area contributed by atoms with E-state index in [1.165, 1.54) is 5.06 Å². The summed E-state index contributed by atoms with van der Waals surface area (Å²) in [6.07, 6.45) is 2.05. The maximum Gasteiger partial charge on any atom is 0.0472 e. The third-order valence-corrected chi connectivity index (χ3v) is 1.76. The number of hydrogen-bond acceptors (Lipinski definition) is 3. The fourth-order valence-corrected chi connectivity index (χ4v) is 1.19. The molecule has 0 spiro atoms. The van der Waals surface area contributed by atoms with Crippen LogP contribution in [0.3, 0.4) is 0 Å². The molecule has 9 heavy (non-hydrogen) atoms. The van der Waals surface area contributed by atoms with E-state index in [4.69, 9.17) is 10.3 Å². The summed E-state index contributed by atoms with van der Waals surface area (Å²) >= 11 is 0. The second kappa shape index (κ2) is 3.15. The number of hydroxylamine groups is 2. The normalized spacial score (nSPS) is 30.7. The highest BCUT2D eigenvalue weighted by atomic mass is 16.5. The molecule has 0 bridgehead atoms. The quantitative estimate of drug-likeness (QED) is 0.529. The number of nitrogens with zero attached hydrogens (tertiary/aromatic N) is 1. The van der Waals surface area contributed by atoms with Crippen molar-refractivity contribution in [2.75, 3.05) is 19.7 Å². The molecular formula is C6H13NO2. The van der Waals surface area contributed by atoms with Crippen LogP contribution in [0.25, 0.3) is 0 Å². The highest BCUT2D eigenvalue weighted by Gasteiger charge is 2.16. The Morgan fingerprint density at radius 1 is 1.56 bits per heavy atom. The van der Waals surface area contributed by atoms with E-state index in [2.05, 4.69) is 0 Å². The molecule has 1 atom stereocenters. The molecule has 0 radical (unpaired) electrons. The molecule has 1 aliphatic rings. The van der Waals surface area contributed by atoms with Gasteiger partial charge in [-0.15, -0.1) is 0 Å². The maximum atomic E-state index is 8.93. The van der Waals surface area contributed by atoms with Crippen molar-refractivity contribution in [3.05, 3.63) is 0 Å². The second-order valence-corrected chi connectivity index (χ2v) is 2.60. The molecular weight excluding hydrogens is 118 g/mol. The summed E-state index contributed by atoms with van der Waals surface area (Å²) < 4.78 is 0. The van der Waals surface area contributed by atoms with Gasteiger partial charge in [0.1, 0.15) is 0 Å². The van der Waals surface area contributed by atoms with Gasteiger partial charge in [-0.1, -0.05) is 0 Å². The summed E-state index contributed by atoms with van der Waals surface area (Å²) in [4.78, 5) is 0. The van der Waals surface area contributed by atoms with Crippen molar-refractivity contribution in [2.45, 2.75) is 12.8 Å². The number of piperidine rings is 1. The van der Waals surface area contributed by atoms with Crippen molar-refractivity contribution in [3.63, 3.8) is 0 Å². The molecule has 54 valence electrons. The Morgan fingerprint density at radius 2 is 2.33 bits per heavy atom. The van der Waals surface area contributed by atoms with Gasteiger partial charge >= 0.3 is 0 Å². The lowest BCUT2D eigenvalue weighted by Crippen LogP contribution is -2.34. The molecule has 0 aromatic carbocycles. The number of rotatable bonds is 1. The van der Waals surface area contributed by atoms with Gasteiger partial charge in [-0.25, -0.2) is 0 Å². The van der Waals surface area contributed by atoms with Crippen molar-refractivity contribution in [1.82, 2.24) is 5.06 Å². The minimum atomic E-state index is 0.205. The molecule has 1 unspecified atom stereocenters. The van der Waals surface area contributed by atoms with Gasteiger partial charge in [0.25, 0.3) is 0 Å². The summed E-state index contributed by atoms with van der Waals surface area (Å²) in [7, 11) is 0. The minimum absolute atomic E-state index is 0.205. The summed E-state index contributed by atoms with van der Waals surface area (Å²) in [5.41, 5.74) is 0. The third-order valence-electron chi connectivity index (χ3n) is 1.76. The first-order valence-electron chi connectivity index (χ1n) is 3.37. The first-order chi connectivity index (χ1) is 4.33. The maximum absolute atomic E-state index is 8.93. The zero-order chi connectivity index (χ0) is 6.69. The van der Waals surface area contributed by atoms with Gasteiger partial charge in [-0.05, 0) is 18.8 Å². The van der Waals surface area contributed by atoms with Crippen molar-refractivity contribution < 1.29 is 10.3 Å². The lowest BCUT2D eigenvalue weighted by atomic mass is 10.0. The average Bonchev–Trinajstić information content (AvgIpc) is 1.88. The number of aliphatic hydroxyl groups is 1. The molecule has 0 amide bonds. The van der Waals surface area contributed by atoms with Crippen molar-refractivity contribution in [3.8, 4) is 0 Å². The summed E-state index contributed by atoms with van der Waals surface area (Å²) in [6.45, 7) is 1.60. The summed E-state index contributed by atoms with van der Waals surface area (Å²) in [6, 6.07) is 0. The van der Waals surface area contributed by atoms with Gasteiger partial charge in [-0.3, -0.25) is 0 Å². The monoisotopic (exact) mass is 131 g/mol. The molecule has 1 rings (SSSR count). The highest BCUT2D eigenvalue weighted by molar-refractivity contribution is 4.66. The van der Waals surface area contributed by atoms with Gasteiger partial charge in [-0.2, -0.15) is 5.06 Å². The predicted molar refractivity (Wildman–Crippen MR) is 33.2 cm³/mol. The van der Waals surface area contributed by atoms with Crippen LogP contribution in [0.1, 0.15) is 12.8 Å². The second-order valence-electron chi connectivity index (χ2n) is 2.60. The van der Waals surface area contributed by atoms with E-state index >= 15 is 0 Å². The van der Waals surface area contributed by atoms with Gasteiger partial charge in [0.2, 0.25) is 0 Å². The van der Waals surface area contributed by atoms with Crippen LogP contribution in [0, 0.1) is 5.92 Å². The standard InChI is InChI=1S/C6H13NO2/c8-5-6-2-1-3-7(9)4-6/h6,8-9H,1-5H2. The molecule has 3 heteroatoms. The smallest absolute Gasteiger partial charge is 0.0472 e. The van der Waals surface area contributed by atoms with E-state index in [-0.39, 0.29) is 6.61 Å². The molecule has 3 nitrogen and oxygen atoms in total. The molecule has 2 N–H and O–H groups in total. The van der Waals surface area contributed by atoms with Gasteiger partial charge in [0.15, 0.2) is 0 Å². The Labute approximate surface area is 54.9 Å². The predicted octanol–water partition coefficient (Wildman–Crippen LogP) is 0.0799. The lowest BCUT2D eigenvalue weighted by molar-refractivity contribution is -0.122. The molecule has 1 aliphatic heterocycles.